The summed E-state index contributed by atoms with van der Waals surface area (Å²) in [6, 6.07) is 6.77. The number of anilines is 2. The number of halogens is 1. The van der Waals surface area contributed by atoms with Crippen molar-refractivity contribution in [2.45, 2.75) is 25.9 Å². The van der Waals surface area contributed by atoms with Crippen molar-refractivity contribution < 1.29 is 18.7 Å². The predicted octanol–water partition coefficient (Wildman–Crippen LogP) is 3.51. The third kappa shape index (κ3) is 5.83. The summed E-state index contributed by atoms with van der Waals surface area (Å²) in [6.45, 7) is 5.33. The Morgan fingerprint density at radius 3 is 2.57 bits per heavy atom. The first-order valence-electron chi connectivity index (χ1n) is 11.5. The lowest BCUT2D eigenvalue weighted by molar-refractivity contribution is 0.0962. The summed E-state index contributed by atoms with van der Waals surface area (Å²) in [5.74, 6) is 0.265. The summed E-state index contributed by atoms with van der Waals surface area (Å²) in [7, 11) is 2.84. The highest BCUT2D eigenvalue weighted by Gasteiger charge is 2.28. The third-order valence-electron chi connectivity index (χ3n) is 5.80. The number of rotatable bonds is 10. The fourth-order valence-corrected chi connectivity index (χ4v) is 3.91. The number of pyridine rings is 1. The molecule has 2 aromatic heterocycles. The fraction of sp³-hybridized carbons (Fsp3) is 0.360. The van der Waals surface area contributed by atoms with Gasteiger partial charge in [-0.15, -0.1) is 0 Å². The monoisotopic (exact) mass is 480 g/mol. The van der Waals surface area contributed by atoms with Gasteiger partial charge in [-0.3, -0.25) is 9.78 Å². The van der Waals surface area contributed by atoms with E-state index in [2.05, 4.69) is 37.4 Å². The van der Waals surface area contributed by atoms with Crippen molar-refractivity contribution in [2.75, 3.05) is 39.1 Å². The number of benzene rings is 1. The molecule has 1 aromatic carbocycles. The summed E-state index contributed by atoms with van der Waals surface area (Å²) in [4.78, 5) is 27.5. The second-order valence-electron chi connectivity index (χ2n) is 8.32. The van der Waals surface area contributed by atoms with Crippen molar-refractivity contribution in [3.8, 4) is 11.5 Å². The van der Waals surface area contributed by atoms with E-state index in [0.29, 0.717) is 17.6 Å². The number of ether oxygens (including phenoxy) is 2. The number of nitrogens with one attached hydrogen (secondary N) is 2. The molecule has 10 heteroatoms. The van der Waals surface area contributed by atoms with Crippen LogP contribution in [-0.2, 0) is 6.61 Å². The van der Waals surface area contributed by atoms with Crippen LogP contribution in [0.1, 0.15) is 40.9 Å². The zero-order chi connectivity index (χ0) is 24.8. The van der Waals surface area contributed by atoms with E-state index in [1.54, 1.807) is 6.20 Å². The molecule has 1 fully saturated rings. The first-order chi connectivity index (χ1) is 17.0. The topological polar surface area (TPSA) is 102 Å². The van der Waals surface area contributed by atoms with Gasteiger partial charge in [-0.05, 0) is 37.2 Å². The van der Waals surface area contributed by atoms with E-state index >= 15 is 0 Å². The van der Waals surface area contributed by atoms with Gasteiger partial charge in [0.25, 0.3) is 5.91 Å². The van der Waals surface area contributed by atoms with E-state index in [4.69, 9.17) is 9.47 Å². The molecule has 1 amide bonds. The molecule has 0 bridgehead atoms. The van der Waals surface area contributed by atoms with Crippen LogP contribution in [0.4, 0.5) is 16.0 Å². The van der Waals surface area contributed by atoms with E-state index in [0.717, 1.165) is 31.0 Å². The SMILES string of the molecule is CCCN1CC(c2ccc(Nc3ncc(OCc4cc(C(=O)NC)cc(OC)c4F)cn3)cn2)C1. The molecule has 1 aliphatic heterocycles. The van der Waals surface area contributed by atoms with Crippen LogP contribution in [0, 0.1) is 5.82 Å². The predicted molar refractivity (Wildman–Crippen MR) is 130 cm³/mol. The summed E-state index contributed by atoms with van der Waals surface area (Å²) in [6.07, 6.45) is 5.93. The molecular weight excluding hydrogens is 451 g/mol. The van der Waals surface area contributed by atoms with Gasteiger partial charge in [0, 0.05) is 42.9 Å². The van der Waals surface area contributed by atoms with Crippen molar-refractivity contribution in [2.24, 2.45) is 0 Å². The molecular formula is C25H29FN6O3. The van der Waals surface area contributed by atoms with Gasteiger partial charge in [0.15, 0.2) is 17.3 Å². The van der Waals surface area contributed by atoms with E-state index in [9.17, 15) is 9.18 Å². The van der Waals surface area contributed by atoms with Crippen LogP contribution in [0.2, 0.25) is 0 Å². The molecule has 184 valence electrons. The molecule has 9 nitrogen and oxygen atoms in total. The van der Waals surface area contributed by atoms with E-state index in [1.807, 2.05) is 12.1 Å². The van der Waals surface area contributed by atoms with Gasteiger partial charge in [0.2, 0.25) is 5.95 Å². The molecule has 2 N–H and O–H groups in total. The molecule has 3 aromatic rings. The highest BCUT2D eigenvalue weighted by Crippen LogP contribution is 2.27. The number of hydrogen-bond acceptors (Lipinski definition) is 8. The van der Waals surface area contributed by atoms with Crippen LogP contribution in [0.3, 0.4) is 0 Å². The van der Waals surface area contributed by atoms with E-state index < -0.39 is 5.82 Å². The van der Waals surface area contributed by atoms with Gasteiger partial charge in [-0.1, -0.05) is 6.92 Å². The number of likely N-dealkylation sites (tertiary alicyclic amines) is 1. The van der Waals surface area contributed by atoms with Crippen molar-refractivity contribution in [3.05, 3.63) is 65.5 Å². The van der Waals surface area contributed by atoms with Gasteiger partial charge in [-0.2, -0.15) is 0 Å². The Morgan fingerprint density at radius 1 is 1.17 bits per heavy atom. The lowest BCUT2D eigenvalue weighted by atomic mass is 9.95. The number of amides is 1. The van der Waals surface area contributed by atoms with Crippen molar-refractivity contribution in [1.82, 2.24) is 25.2 Å². The third-order valence-corrected chi connectivity index (χ3v) is 5.80. The second kappa shape index (κ2) is 11.1. The zero-order valence-corrected chi connectivity index (χ0v) is 20.0. The first kappa shape index (κ1) is 24.3. The number of aromatic nitrogens is 3. The molecule has 35 heavy (non-hydrogen) atoms. The summed E-state index contributed by atoms with van der Waals surface area (Å²) >= 11 is 0. The van der Waals surface area contributed by atoms with Crippen molar-refractivity contribution in [3.63, 3.8) is 0 Å². The van der Waals surface area contributed by atoms with Crippen molar-refractivity contribution in [1.29, 1.82) is 0 Å². The lowest BCUT2D eigenvalue weighted by Crippen LogP contribution is -2.45. The summed E-state index contributed by atoms with van der Waals surface area (Å²) < 4.78 is 25.3. The second-order valence-corrected chi connectivity index (χ2v) is 8.32. The maximum Gasteiger partial charge on any atom is 0.251 e. The Morgan fingerprint density at radius 2 is 1.94 bits per heavy atom. The van der Waals surface area contributed by atoms with Crippen LogP contribution in [0.5, 0.6) is 11.5 Å². The van der Waals surface area contributed by atoms with Gasteiger partial charge in [0.05, 0.1) is 31.4 Å². The molecule has 0 saturated carbocycles. The quantitative estimate of drug-likeness (QED) is 0.455. The van der Waals surface area contributed by atoms with Crippen LogP contribution >= 0.6 is 0 Å². The minimum absolute atomic E-state index is 0.0317. The number of nitrogens with zero attached hydrogens (tertiary/aromatic N) is 4. The number of methoxy groups -OCH3 is 1. The molecule has 4 rings (SSSR count). The van der Waals surface area contributed by atoms with Crippen molar-refractivity contribution >= 4 is 17.5 Å². The van der Waals surface area contributed by atoms with Gasteiger partial charge >= 0.3 is 0 Å². The maximum absolute atomic E-state index is 14.6. The lowest BCUT2D eigenvalue weighted by Gasteiger charge is -2.38. The van der Waals surface area contributed by atoms with E-state index in [-0.39, 0.29) is 29.4 Å². The minimum atomic E-state index is -0.588. The summed E-state index contributed by atoms with van der Waals surface area (Å²) in [5, 5.41) is 5.62. The minimum Gasteiger partial charge on any atom is -0.494 e. The molecule has 1 aliphatic rings. The number of hydrogen-bond donors (Lipinski definition) is 2. The largest absolute Gasteiger partial charge is 0.494 e. The molecule has 0 radical (unpaired) electrons. The highest BCUT2D eigenvalue weighted by atomic mass is 19.1. The summed E-state index contributed by atoms with van der Waals surface area (Å²) in [5.41, 5.74) is 2.33. The smallest absolute Gasteiger partial charge is 0.251 e. The van der Waals surface area contributed by atoms with Crippen LogP contribution in [0.15, 0.2) is 42.9 Å². The molecule has 0 aliphatic carbocycles. The molecule has 0 unspecified atom stereocenters. The Hall–Kier alpha value is -3.79. The Kier molecular flexibility index (Phi) is 7.71. The average molecular weight is 481 g/mol. The fourth-order valence-electron chi connectivity index (χ4n) is 3.91. The molecule has 1 saturated heterocycles. The zero-order valence-electron chi connectivity index (χ0n) is 20.0. The molecule has 0 spiro atoms. The van der Waals surface area contributed by atoms with Crippen LogP contribution in [0.25, 0.3) is 0 Å². The Balaban J connectivity index is 1.34. The standard InChI is InChI=1S/C25H29FN6O3/c1-4-7-32-13-18(14-32)21-6-5-19(10-28-21)31-25-29-11-20(12-30-25)35-15-17-8-16(24(33)27-2)9-22(34-3)23(17)26/h5-6,8-12,18H,4,7,13-15H2,1-3H3,(H,27,33)(H,29,30,31). The van der Waals surface area contributed by atoms with Gasteiger partial charge < -0.3 is 25.0 Å². The maximum atomic E-state index is 14.6. The normalized spacial score (nSPS) is 13.7. The molecule has 3 heterocycles. The average Bonchev–Trinajstić information content (AvgIpc) is 2.86. The number of carbonyl (C=O) groups excluding carboxylic acids is 1. The Bertz CT molecular complexity index is 1150. The highest BCUT2D eigenvalue weighted by molar-refractivity contribution is 5.94. The molecule has 0 atom stereocenters. The Labute approximate surface area is 203 Å². The number of carbonyl (C=O) groups is 1. The first-order valence-corrected chi connectivity index (χ1v) is 11.5. The van der Waals surface area contributed by atoms with E-state index in [1.165, 1.54) is 45.1 Å². The van der Waals surface area contributed by atoms with Crippen LogP contribution < -0.4 is 20.1 Å². The van der Waals surface area contributed by atoms with Crippen LogP contribution in [-0.4, -0.2) is 59.6 Å². The van der Waals surface area contributed by atoms with Gasteiger partial charge in [0.1, 0.15) is 6.61 Å². The van der Waals surface area contributed by atoms with Gasteiger partial charge in [-0.25, -0.2) is 14.4 Å².